The van der Waals surface area contributed by atoms with Crippen molar-refractivity contribution in [3.8, 4) is 0 Å². The fraction of sp³-hybridized carbons (Fsp3) is 0.438. The molecule has 1 N–H and O–H groups in total. The van der Waals surface area contributed by atoms with Gasteiger partial charge in [0.15, 0.2) is 17.3 Å². The van der Waals surface area contributed by atoms with E-state index in [1.54, 1.807) is 11.8 Å². The second-order valence-electron chi connectivity index (χ2n) is 5.84. The van der Waals surface area contributed by atoms with Crippen LogP contribution in [0.5, 0.6) is 0 Å². The van der Waals surface area contributed by atoms with Gasteiger partial charge in [-0.05, 0) is 25.0 Å². The molecule has 1 saturated heterocycles. The third kappa shape index (κ3) is 3.98. The van der Waals surface area contributed by atoms with Crippen molar-refractivity contribution in [2.24, 2.45) is 0 Å². The average Bonchev–Trinajstić information content (AvgIpc) is 3.09. The van der Waals surface area contributed by atoms with E-state index in [1.165, 1.54) is 18.3 Å². The molecule has 2 amide bonds. The van der Waals surface area contributed by atoms with Crippen LogP contribution < -0.4 is 5.32 Å². The number of rotatable bonds is 4. The molecule has 0 bridgehead atoms. The van der Waals surface area contributed by atoms with Gasteiger partial charge in [-0.1, -0.05) is 5.16 Å². The molecule has 9 heteroatoms. The van der Waals surface area contributed by atoms with Gasteiger partial charge in [-0.3, -0.25) is 9.59 Å². The maximum Gasteiger partial charge on any atom is 0.273 e. The lowest BCUT2D eigenvalue weighted by Crippen LogP contribution is -2.36. The van der Waals surface area contributed by atoms with Crippen LogP contribution in [0, 0.1) is 5.82 Å². The van der Waals surface area contributed by atoms with Crippen LogP contribution >= 0.6 is 0 Å². The molecule has 3 rings (SSSR count). The zero-order valence-electron chi connectivity index (χ0n) is 13.7. The fourth-order valence-corrected chi connectivity index (χ4v) is 2.75. The molecule has 2 aromatic rings. The Morgan fingerprint density at radius 3 is 2.84 bits per heavy atom. The maximum atomic E-state index is 13.5. The lowest BCUT2D eigenvalue weighted by molar-refractivity contribution is -0.129. The topological polar surface area (TPSA) is 101 Å². The van der Waals surface area contributed by atoms with Crippen LogP contribution in [0.2, 0.25) is 0 Å². The summed E-state index contributed by atoms with van der Waals surface area (Å²) in [6.45, 7) is 2.88. The maximum absolute atomic E-state index is 13.5. The molecule has 0 radical (unpaired) electrons. The Balaban J connectivity index is 1.55. The SMILES string of the molecule is CC(=O)N1CCC(c2noc(CNC(=O)c3ncccc3F)n2)CC1. The van der Waals surface area contributed by atoms with Crippen molar-refractivity contribution in [1.82, 2.24) is 25.3 Å². The molecular weight excluding hydrogens is 329 g/mol. The number of hydrogen-bond acceptors (Lipinski definition) is 6. The number of piperidine rings is 1. The Kier molecular flexibility index (Phi) is 5.01. The first-order valence-corrected chi connectivity index (χ1v) is 8.01. The quantitative estimate of drug-likeness (QED) is 0.893. The highest BCUT2D eigenvalue weighted by atomic mass is 19.1. The average molecular weight is 347 g/mol. The van der Waals surface area contributed by atoms with E-state index in [-0.39, 0.29) is 30.0 Å². The molecule has 25 heavy (non-hydrogen) atoms. The van der Waals surface area contributed by atoms with Crippen molar-refractivity contribution in [3.63, 3.8) is 0 Å². The number of nitrogens with one attached hydrogen (secondary N) is 1. The van der Waals surface area contributed by atoms with E-state index in [0.29, 0.717) is 18.9 Å². The van der Waals surface area contributed by atoms with Crippen molar-refractivity contribution in [1.29, 1.82) is 0 Å². The van der Waals surface area contributed by atoms with Gasteiger partial charge in [0, 0.05) is 32.1 Å². The van der Waals surface area contributed by atoms with Gasteiger partial charge in [-0.2, -0.15) is 4.98 Å². The summed E-state index contributed by atoms with van der Waals surface area (Å²) in [6, 6.07) is 2.58. The fourth-order valence-electron chi connectivity index (χ4n) is 2.75. The molecule has 1 aliphatic rings. The molecule has 0 aliphatic carbocycles. The van der Waals surface area contributed by atoms with Gasteiger partial charge in [-0.15, -0.1) is 0 Å². The lowest BCUT2D eigenvalue weighted by atomic mass is 9.96. The summed E-state index contributed by atoms with van der Waals surface area (Å²) in [4.78, 5) is 33.0. The summed E-state index contributed by atoms with van der Waals surface area (Å²) >= 11 is 0. The molecule has 2 aromatic heterocycles. The summed E-state index contributed by atoms with van der Waals surface area (Å²) in [6.07, 6.45) is 2.88. The van der Waals surface area contributed by atoms with Crippen LogP contribution in [0.4, 0.5) is 4.39 Å². The molecule has 1 aliphatic heterocycles. The Labute approximate surface area is 143 Å². The molecule has 0 atom stereocenters. The van der Waals surface area contributed by atoms with Crippen molar-refractivity contribution in [2.45, 2.75) is 32.2 Å². The monoisotopic (exact) mass is 347 g/mol. The number of nitrogens with zero attached hydrogens (tertiary/aromatic N) is 4. The minimum Gasteiger partial charge on any atom is -0.343 e. The minimum atomic E-state index is -0.691. The Morgan fingerprint density at radius 1 is 1.40 bits per heavy atom. The van der Waals surface area contributed by atoms with Gasteiger partial charge in [0.05, 0.1) is 6.54 Å². The van der Waals surface area contributed by atoms with E-state index >= 15 is 0 Å². The number of aromatic nitrogens is 3. The molecule has 1 fully saturated rings. The third-order valence-electron chi connectivity index (χ3n) is 4.16. The standard InChI is InChI=1S/C16H18FN5O3/c1-10(23)22-7-4-11(5-8-22)15-20-13(25-21-15)9-19-16(24)14-12(17)3-2-6-18-14/h2-3,6,11H,4-5,7-9H2,1H3,(H,19,24). The van der Waals surface area contributed by atoms with Gasteiger partial charge < -0.3 is 14.7 Å². The van der Waals surface area contributed by atoms with Crippen molar-refractivity contribution in [2.75, 3.05) is 13.1 Å². The van der Waals surface area contributed by atoms with E-state index in [9.17, 15) is 14.0 Å². The largest absolute Gasteiger partial charge is 0.343 e. The molecule has 0 saturated carbocycles. The molecule has 132 valence electrons. The molecule has 3 heterocycles. The zero-order valence-corrected chi connectivity index (χ0v) is 13.7. The summed E-state index contributed by atoms with van der Waals surface area (Å²) < 4.78 is 18.6. The number of likely N-dealkylation sites (tertiary alicyclic amines) is 1. The van der Waals surface area contributed by atoms with Gasteiger partial charge in [0.1, 0.15) is 0 Å². The molecular formula is C16H18FN5O3. The number of carbonyl (C=O) groups is 2. The highest BCUT2D eigenvalue weighted by Crippen LogP contribution is 2.25. The highest BCUT2D eigenvalue weighted by molar-refractivity contribution is 5.92. The van der Waals surface area contributed by atoms with Crippen LogP contribution in [0.1, 0.15) is 47.9 Å². The summed E-state index contributed by atoms with van der Waals surface area (Å²) in [5.41, 5.74) is -0.279. The number of halogens is 1. The number of pyridine rings is 1. The predicted octanol–water partition coefficient (Wildman–Crippen LogP) is 1.26. The number of hydrogen-bond donors (Lipinski definition) is 1. The first kappa shape index (κ1) is 17.0. The van der Waals surface area contributed by atoms with Gasteiger partial charge in [-0.25, -0.2) is 9.37 Å². The second-order valence-corrected chi connectivity index (χ2v) is 5.84. The first-order valence-electron chi connectivity index (χ1n) is 8.01. The number of amides is 2. The van der Waals surface area contributed by atoms with Crippen LogP contribution in [-0.4, -0.2) is 44.9 Å². The van der Waals surface area contributed by atoms with E-state index in [1.807, 2.05) is 0 Å². The Bertz CT molecular complexity index is 771. The lowest BCUT2D eigenvalue weighted by Gasteiger charge is -2.29. The minimum absolute atomic E-state index is 0.00581. The van der Waals surface area contributed by atoms with Crippen molar-refractivity contribution < 1.29 is 18.5 Å². The van der Waals surface area contributed by atoms with Crippen LogP contribution in [0.25, 0.3) is 0 Å². The summed E-state index contributed by atoms with van der Waals surface area (Å²) in [7, 11) is 0. The molecule has 8 nitrogen and oxygen atoms in total. The van der Waals surface area contributed by atoms with Crippen LogP contribution in [0.3, 0.4) is 0 Å². The Hall–Kier alpha value is -2.84. The van der Waals surface area contributed by atoms with Gasteiger partial charge >= 0.3 is 0 Å². The molecule has 0 aromatic carbocycles. The van der Waals surface area contributed by atoms with Crippen molar-refractivity contribution >= 4 is 11.8 Å². The van der Waals surface area contributed by atoms with E-state index in [4.69, 9.17) is 4.52 Å². The van der Waals surface area contributed by atoms with E-state index < -0.39 is 11.7 Å². The summed E-state index contributed by atoms with van der Waals surface area (Å²) in [5, 5.41) is 6.45. The summed E-state index contributed by atoms with van der Waals surface area (Å²) in [5.74, 6) is -0.338. The Morgan fingerprint density at radius 2 is 2.16 bits per heavy atom. The van der Waals surface area contributed by atoms with Crippen LogP contribution in [-0.2, 0) is 11.3 Å². The van der Waals surface area contributed by atoms with Crippen LogP contribution in [0.15, 0.2) is 22.9 Å². The number of carbonyl (C=O) groups excluding carboxylic acids is 2. The van der Waals surface area contributed by atoms with E-state index in [2.05, 4.69) is 20.4 Å². The smallest absolute Gasteiger partial charge is 0.273 e. The second kappa shape index (κ2) is 7.37. The zero-order chi connectivity index (χ0) is 17.8. The third-order valence-corrected chi connectivity index (χ3v) is 4.16. The highest BCUT2D eigenvalue weighted by Gasteiger charge is 2.25. The first-order chi connectivity index (χ1) is 12.0. The molecule has 0 unspecified atom stereocenters. The predicted molar refractivity (Wildman–Crippen MR) is 83.9 cm³/mol. The van der Waals surface area contributed by atoms with E-state index in [0.717, 1.165) is 12.8 Å². The van der Waals surface area contributed by atoms with Crippen molar-refractivity contribution in [3.05, 3.63) is 41.6 Å². The van der Waals surface area contributed by atoms with Gasteiger partial charge in [0.25, 0.3) is 5.91 Å². The molecule has 0 spiro atoms. The van der Waals surface area contributed by atoms with Gasteiger partial charge in [0.2, 0.25) is 11.8 Å². The normalized spacial score (nSPS) is 15.2.